The Bertz CT molecular complexity index is 806. The van der Waals surface area contributed by atoms with E-state index in [1.165, 1.54) is 6.07 Å². The van der Waals surface area contributed by atoms with E-state index in [0.717, 1.165) is 11.1 Å². The summed E-state index contributed by atoms with van der Waals surface area (Å²) in [5.41, 5.74) is 1.61. The maximum absolute atomic E-state index is 12.9. The average Bonchev–Trinajstić information content (AvgIpc) is 2.82. The number of halogens is 2. The van der Waals surface area contributed by atoms with Crippen LogP contribution in [-0.4, -0.2) is 24.9 Å². The van der Waals surface area contributed by atoms with Gasteiger partial charge in [-0.05, 0) is 57.8 Å². The molecule has 0 saturated carbocycles. The number of ether oxygens (including phenoxy) is 2. The number of benzene rings is 2. The van der Waals surface area contributed by atoms with Gasteiger partial charge in [0.2, 0.25) is 0 Å². The first kappa shape index (κ1) is 20.6. The molecule has 0 amide bonds. The summed E-state index contributed by atoms with van der Waals surface area (Å²) in [5.74, 6) is 0.190. The fourth-order valence-corrected chi connectivity index (χ4v) is 2.80. The smallest absolute Gasteiger partial charge is 0.485 e. The molecule has 0 atom stereocenters. The molecule has 0 unspecified atom stereocenters. The summed E-state index contributed by atoms with van der Waals surface area (Å²) in [7, 11) is -0.670. The largest absolute Gasteiger partial charge is 0.494 e. The van der Waals surface area contributed by atoms with E-state index < -0.39 is 24.9 Å². The Kier molecular flexibility index (Phi) is 5.68. The summed E-state index contributed by atoms with van der Waals surface area (Å²) in [6.07, 6.45) is 0. The molecule has 0 radical (unpaired) electrons. The maximum atomic E-state index is 12.9. The van der Waals surface area contributed by atoms with Crippen molar-refractivity contribution in [3.63, 3.8) is 0 Å². The van der Waals surface area contributed by atoms with Gasteiger partial charge in [-0.2, -0.15) is 8.78 Å². The second-order valence-electron chi connectivity index (χ2n) is 7.95. The minimum atomic E-state index is -2.96. The Morgan fingerprint density at radius 2 is 1.54 bits per heavy atom. The lowest BCUT2D eigenvalue weighted by atomic mass is 9.79. The summed E-state index contributed by atoms with van der Waals surface area (Å²) in [6.45, 7) is 7.01. The van der Waals surface area contributed by atoms with Gasteiger partial charge in [-0.1, -0.05) is 35.9 Å². The quantitative estimate of drug-likeness (QED) is 0.682. The second-order valence-corrected chi connectivity index (χ2v) is 7.95. The van der Waals surface area contributed by atoms with E-state index in [-0.39, 0.29) is 18.1 Å². The third-order valence-corrected chi connectivity index (χ3v) is 5.22. The first-order chi connectivity index (χ1) is 13.1. The molecule has 0 N–H and O–H groups in total. The van der Waals surface area contributed by atoms with Crippen molar-refractivity contribution in [1.82, 2.24) is 0 Å². The Balaban J connectivity index is 1.81. The lowest BCUT2D eigenvalue weighted by molar-refractivity contribution is -0.0515. The predicted octanol–water partition coefficient (Wildman–Crippen LogP) is 4.47. The van der Waals surface area contributed by atoms with Crippen LogP contribution < -0.4 is 14.9 Å². The van der Waals surface area contributed by atoms with Crippen molar-refractivity contribution >= 4 is 12.6 Å². The monoisotopic (exact) mass is 390 g/mol. The highest BCUT2D eigenvalue weighted by Crippen LogP contribution is 2.37. The molecule has 4 nitrogen and oxygen atoms in total. The number of alkyl halides is 2. The molecule has 1 aliphatic heterocycles. The van der Waals surface area contributed by atoms with E-state index in [9.17, 15) is 8.78 Å². The Labute approximate surface area is 164 Å². The number of rotatable bonds is 6. The molecule has 2 aromatic carbocycles. The third kappa shape index (κ3) is 4.47. The molecule has 0 aromatic heterocycles. The van der Waals surface area contributed by atoms with Crippen LogP contribution >= 0.6 is 0 Å². The second kappa shape index (κ2) is 7.72. The topological polar surface area (TPSA) is 36.9 Å². The zero-order valence-corrected chi connectivity index (χ0v) is 16.8. The number of aryl methyl sites for hydroxylation is 1. The molecule has 1 saturated heterocycles. The van der Waals surface area contributed by atoms with Crippen molar-refractivity contribution in [2.75, 3.05) is 0 Å². The van der Waals surface area contributed by atoms with Crippen molar-refractivity contribution in [2.45, 2.75) is 59.0 Å². The van der Waals surface area contributed by atoms with Crippen LogP contribution in [0.25, 0.3) is 0 Å². The lowest BCUT2D eigenvalue weighted by Gasteiger charge is -2.32. The lowest BCUT2D eigenvalue weighted by Crippen LogP contribution is -2.41. The summed E-state index contributed by atoms with van der Waals surface area (Å²) in [4.78, 5) is 0. The Morgan fingerprint density at radius 3 is 2.11 bits per heavy atom. The van der Waals surface area contributed by atoms with Gasteiger partial charge in [0, 0.05) is 0 Å². The first-order valence-electron chi connectivity index (χ1n) is 9.20. The van der Waals surface area contributed by atoms with Gasteiger partial charge in [-0.3, -0.25) is 0 Å². The van der Waals surface area contributed by atoms with Crippen molar-refractivity contribution in [3.05, 3.63) is 53.6 Å². The summed E-state index contributed by atoms with van der Waals surface area (Å²) in [6, 6.07) is 12.6. The van der Waals surface area contributed by atoms with Crippen LogP contribution in [0.4, 0.5) is 8.78 Å². The van der Waals surface area contributed by atoms with E-state index in [1.807, 2.05) is 58.9 Å². The third-order valence-electron chi connectivity index (χ3n) is 5.22. The van der Waals surface area contributed by atoms with Gasteiger partial charge in [0.25, 0.3) is 0 Å². The van der Waals surface area contributed by atoms with Gasteiger partial charge in [-0.25, -0.2) is 0 Å². The molecule has 0 spiro atoms. The molecule has 1 fully saturated rings. The maximum Gasteiger partial charge on any atom is 0.494 e. The van der Waals surface area contributed by atoms with Crippen LogP contribution in [0.15, 0.2) is 42.5 Å². The molecular formula is C21H25BF2O4. The summed E-state index contributed by atoms with van der Waals surface area (Å²) < 4.78 is 48.2. The van der Waals surface area contributed by atoms with Gasteiger partial charge in [0.05, 0.1) is 11.2 Å². The molecule has 3 rings (SSSR count). The highest BCUT2D eigenvalue weighted by atomic mass is 19.3. The normalized spacial score (nSPS) is 17.8. The zero-order chi connectivity index (χ0) is 20.5. The van der Waals surface area contributed by atoms with E-state index in [2.05, 4.69) is 4.74 Å². The van der Waals surface area contributed by atoms with Gasteiger partial charge in [0.1, 0.15) is 6.61 Å². The molecule has 2 aromatic rings. The minimum Gasteiger partial charge on any atom is -0.485 e. The first-order valence-corrected chi connectivity index (χ1v) is 9.20. The molecule has 0 bridgehead atoms. The van der Waals surface area contributed by atoms with E-state index in [4.69, 9.17) is 14.0 Å². The van der Waals surface area contributed by atoms with Crippen molar-refractivity contribution in [1.29, 1.82) is 0 Å². The summed E-state index contributed by atoms with van der Waals surface area (Å²) in [5, 5.41) is 0. The van der Waals surface area contributed by atoms with Crippen LogP contribution in [0.5, 0.6) is 11.5 Å². The van der Waals surface area contributed by atoms with Crippen LogP contribution in [-0.2, 0) is 15.9 Å². The van der Waals surface area contributed by atoms with Crippen molar-refractivity contribution < 1.29 is 27.6 Å². The fourth-order valence-electron chi connectivity index (χ4n) is 2.80. The van der Waals surface area contributed by atoms with Gasteiger partial charge < -0.3 is 18.8 Å². The average molecular weight is 390 g/mol. The van der Waals surface area contributed by atoms with E-state index in [0.29, 0.717) is 5.46 Å². The van der Waals surface area contributed by atoms with E-state index >= 15 is 0 Å². The molecule has 7 heteroatoms. The van der Waals surface area contributed by atoms with Crippen molar-refractivity contribution in [3.8, 4) is 11.5 Å². The molecular weight excluding hydrogens is 365 g/mol. The predicted molar refractivity (Wildman–Crippen MR) is 104 cm³/mol. The zero-order valence-electron chi connectivity index (χ0n) is 16.8. The SMILES string of the molecule is Cc1ccc(COc2ccc(B3OC(C)(C)C(C)(C)O3)cc2OC(F)F)cc1. The van der Waals surface area contributed by atoms with E-state index in [1.54, 1.807) is 12.1 Å². The van der Waals surface area contributed by atoms with Crippen LogP contribution in [0.2, 0.25) is 0 Å². The molecule has 1 aliphatic rings. The molecule has 0 aliphatic carbocycles. The standard InChI is InChI=1S/C21H25BF2O4/c1-14-6-8-15(9-7-14)13-25-17-11-10-16(12-18(17)26-19(23)24)22-27-20(2,3)21(4,5)28-22/h6-12,19H,13H2,1-5H3. The highest BCUT2D eigenvalue weighted by Gasteiger charge is 2.51. The van der Waals surface area contributed by atoms with Gasteiger partial charge >= 0.3 is 13.7 Å². The van der Waals surface area contributed by atoms with Gasteiger partial charge in [-0.15, -0.1) is 0 Å². The number of hydrogen-bond acceptors (Lipinski definition) is 4. The molecule has 1 heterocycles. The van der Waals surface area contributed by atoms with Crippen molar-refractivity contribution in [2.24, 2.45) is 0 Å². The van der Waals surface area contributed by atoms with Crippen LogP contribution in [0.3, 0.4) is 0 Å². The van der Waals surface area contributed by atoms with Crippen LogP contribution in [0.1, 0.15) is 38.8 Å². The Morgan fingerprint density at radius 1 is 0.929 bits per heavy atom. The molecule has 150 valence electrons. The highest BCUT2D eigenvalue weighted by molar-refractivity contribution is 6.62. The number of hydrogen-bond donors (Lipinski definition) is 0. The summed E-state index contributed by atoms with van der Waals surface area (Å²) >= 11 is 0. The molecule has 28 heavy (non-hydrogen) atoms. The van der Waals surface area contributed by atoms with Crippen LogP contribution in [0, 0.1) is 6.92 Å². The fraction of sp³-hybridized carbons (Fsp3) is 0.429. The van der Waals surface area contributed by atoms with Gasteiger partial charge in [0.15, 0.2) is 11.5 Å². The minimum absolute atomic E-state index is 0.0469. The Hall–Kier alpha value is -2.12.